The van der Waals surface area contributed by atoms with Crippen LogP contribution >= 0.6 is 27.3 Å². The standard InChI is InChI=1S/C13H20BrNOS/c1-3-16-10-5-9(6-10)7-12(15)13-11(14)4-8(2)17-13/h4,9-10,12H,3,5-7,15H2,1-2H3. The van der Waals surface area contributed by atoms with Crippen LogP contribution in [-0.2, 0) is 4.74 Å². The zero-order valence-electron chi connectivity index (χ0n) is 10.4. The first-order valence-electron chi connectivity index (χ1n) is 6.23. The van der Waals surface area contributed by atoms with Gasteiger partial charge >= 0.3 is 0 Å². The minimum Gasteiger partial charge on any atom is -0.378 e. The zero-order chi connectivity index (χ0) is 12.4. The first kappa shape index (κ1) is 13.5. The van der Waals surface area contributed by atoms with Gasteiger partial charge in [-0.2, -0.15) is 0 Å². The van der Waals surface area contributed by atoms with E-state index in [9.17, 15) is 0 Å². The summed E-state index contributed by atoms with van der Waals surface area (Å²) in [6.07, 6.45) is 3.94. The highest BCUT2D eigenvalue weighted by Gasteiger charge is 2.31. The van der Waals surface area contributed by atoms with Gasteiger partial charge in [-0.15, -0.1) is 11.3 Å². The summed E-state index contributed by atoms with van der Waals surface area (Å²) in [4.78, 5) is 2.62. The van der Waals surface area contributed by atoms with E-state index in [0.29, 0.717) is 6.10 Å². The summed E-state index contributed by atoms with van der Waals surface area (Å²) in [5, 5.41) is 0. The van der Waals surface area contributed by atoms with Crippen molar-refractivity contribution in [2.24, 2.45) is 11.7 Å². The van der Waals surface area contributed by atoms with E-state index in [-0.39, 0.29) is 6.04 Å². The summed E-state index contributed by atoms with van der Waals surface area (Å²) in [6, 6.07) is 2.33. The molecule has 1 heterocycles. The van der Waals surface area contributed by atoms with E-state index < -0.39 is 0 Å². The smallest absolute Gasteiger partial charge is 0.0580 e. The molecule has 2 rings (SSSR count). The van der Waals surface area contributed by atoms with Crippen LogP contribution in [0.25, 0.3) is 0 Å². The molecular formula is C13H20BrNOS. The molecule has 2 nitrogen and oxygen atoms in total. The molecule has 0 spiro atoms. The molecular weight excluding hydrogens is 298 g/mol. The van der Waals surface area contributed by atoms with E-state index >= 15 is 0 Å². The van der Waals surface area contributed by atoms with Gasteiger partial charge in [-0.1, -0.05) is 0 Å². The minimum absolute atomic E-state index is 0.177. The fourth-order valence-electron chi connectivity index (χ4n) is 2.46. The molecule has 1 aromatic heterocycles. The van der Waals surface area contributed by atoms with E-state index in [2.05, 4.69) is 35.8 Å². The number of aryl methyl sites for hydroxylation is 1. The highest BCUT2D eigenvalue weighted by Crippen LogP contribution is 2.39. The predicted octanol–water partition coefficient (Wildman–Crippen LogP) is 4.02. The SMILES string of the molecule is CCOC1CC(CC(N)c2sc(C)cc2Br)C1. The third kappa shape index (κ3) is 3.31. The predicted molar refractivity (Wildman–Crippen MR) is 76.4 cm³/mol. The molecule has 0 aliphatic heterocycles. The molecule has 17 heavy (non-hydrogen) atoms. The van der Waals surface area contributed by atoms with Crippen molar-refractivity contribution in [3.8, 4) is 0 Å². The molecule has 1 unspecified atom stereocenters. The van der Waals surface area contributed by atoms with E-state index in [1.165, 1.54) is 27.1 Å². The second-order valence-electron chi connectivity index (χ2n) is 4.83. The quantitative estimate of drug-likeness (QED) is 0.890. The van der Waals surface area contributed by atoms with E-state index in [4.69, 9.17) is 10.5 Å². The Hall–Kier alpha value is 0.100. The molecule has 2 N–H and O–H groups in total. The summed E-state index contributed by atoms with van der Waals surface area (Å²) < 4.78 is 6.75. The highest BCUT2D eigenvalue weighted by atomic mass is 79.9. The van der Waals surface area contributed by atoms with Crippen LogP contribution in [0.2, 0.25) is 0 Å². The van der Waals surface area contributed by atoms with Crippen molar-refractivity contribution in [2.75, 3.05) is 6.61 Å². The van der Waals surface area contributed by atoms with Crippen LogP contribution in [0.4, 0.5) is 0 Å². The molecule has 1 atom stereocenters. The molecule has 1 fully saturated rings. The number of rotatable bonds is 5. The van der Waals surface area contributed by atoms with Crippen molar-refractivity contribution in [1.29, 1.82) is 0 Å². The fourth-order valence-corrected chi connectivity index (χ4v) is 4.42. The number of halogens is 1. The fraction of sp³-hybridized carbons (Fsp3) is 0.692. The molecule has 96 valence electrons. The number of thiophene rings is 1. The van der Waals surface area contributed by atoms with E-state index in [0.717, 1.165) is 18.9 Å². The van der Waals surface area contributed by atoms with Crippen LogP contribution < -0.4 is 5.73 Å². The lowest BCUT2D eigenvalue weighted by Gasteiger charge is -2.36. The van der Waals surface area contributed by atoms with Gasteiger partial charge in [0, 0.05) is 26.9 Å². The minimum atomic E-state index is 0.177. The molecule has 0 aromatic carbocycles. The zero-order valence-corrected chi connectivity index (χ0v) is 12.8. The Labute approximate surface area is 116 Å². The molecule has 0 saturated heterocycles. The summed E-state index contributed by atoms with van der Waals surface area (Å²) in [7, 11) is 0. The molecule has 0 amide bonds. The Morgan fingerprint density at radius 1 is 1.59 bits per heavy atom. The lowest BCUT2D eigenvalue weighted by atomic mass is 9.78. The second kappa shape index (κ2) is 5.83. The monoisotopic (exact) mass is 317 g/mol. The normalized spacial score (nSPS) is 25.6. The van der Waals surface area contributed by atoms with Crippen molar-refractivity contribution in [1.82, 2.24) is 0 Å². The van der Waals surface area contributed by atoms with Crippen molar-refractivity contribution in [3.05, 3.63) is 20.3 Å². The first-order valence-corrected chi connectivity index (χ1v) is 7.84. The maximum absolute atomic E-state index is 6.28. The average Bonchev–Trinajstić information content (AvgIpc) is 2.54. The Morgan fingerprint density at radius 2 is 2.29 bits per heavy atom. The van der Waals surface area contributed by atoms with Crippen LogP contribution in [0.15, 0.2) is 10.5 Å². The second-order valence-corrected chi connectivity index (χ2v) is 6.97. The summed E-state index contributed by atoms with van der Waals surface area (Å²) >= 11 is 5.40. The van der Waals surface area contributed by atoms with Crippen LogP contribution in [0.5, 0.6) is 0 Å². The van der Waals surface area contributed by atoms with Gasteiger partial charge in [0.1, 0.15) is 0 Å². The topological polar surface area (TPSA) is 35.2 Å². The number of nitrogens with two attached hydrogens (primary N) is 1. The van der Waals surface area contributed by atoms with E-state index in [1.54, 1.807) is 11.3 Å². The Balaban J connectivity index is 1.82. The number of hydrogen-bond donors (Lipinski definition) is 1. The Kier molecular flexibility index (Phi) is 4.64. The van der Waals surface area contributed by atoms with E-state index in [1.807, 2.05) is 0 Å². The van der Waals surface area contributed by atoms with Crippen molar-refractivity contribution in [2.45, 2.75) is 45.3 Å². The third-order valence-corrected chi connectivity index (χ3v) is 5.46. The number of ether oxygens (including phenoxy) is 1. The van der Waals surface area contributed by atoms with Gasteiger partial charge in [0.25, 0.3) is 0 Å². The van der Waals surface area contributed by atoms with Crippen LogP contribution in [0.3, 0.4) is 0 Å². The first-order chi connectivity index (χ1) is 8.10. The van der Waals surface area contributed by atoms with Gasteiger partial charge in [-0.3, -0.25) is 0 Å². The maximum atomic E-state index is 6.28. The number of hydrogen-bond acceptors (Lipinski definition) is 3. The van der Waals surface area contributed by atoms with Crippen LogP contribution in [-0.4, -0.2) is 12.7 Å². The molecule has 1 saturated carbocycles. The molecule has 0 radical (unpaired) electrons. The van der Waals surface area contributed by atoms with Crippen molar-refractivity contribution < 1.29 is 4.74 Å². The molecule has 4 heteroatoms. The third-order valence-electron chi connectivity index (χ3n) is 3.36. The van der Waals surface area contributed by atoms with Crippen LogP contribution in [0.1, 0.15) is 42.0 Å². The van der Waals surface area contributed by atoms with Crippen LogP contribution in [0, 0.1) is 12.8 Å². The van der Waals surface area contributed by atoms with Gasteiger partial charge in [0.15, 0.2) is 0 Å². The maximum Gasteiger partial charge on any atom is 0.0580 e. The van der Waals surface area contributed by atoms with Gasteiger partial charge in [-0.25, -0.2) is 0 Å². The molecule has 0 bridgehead atoms. The summed E-state index contributed by atoms with van der Waals surface area (Å²) in [6.45, 7) is 5.02. The molecule has 1 aliphatic carbocycles. The summed E-state index contributed by atoms with van der Waals surface area (Å²) in [5.74, 6) is 0.746. The van der Waals surface area contributed by atoms with Crippen molar-refractivity contribution >= 4 is 27.3 Å². The Morgan fingerprint density at radius 3 is 2.82 bits per heavy atom. The lowest BCUT2D eigenvalue weighted by molar-refractivity contribution is -0.0281. The lowest BCUT2D eigenvalue weighted by Crippen LogP contribution is -2.33. The largest absolute Gasteiger partial charge is 0.378 e. The average molecular weight is 318 g/mol. The van der Waals surface area contributed by atoms with Gasteiger partial charge in [0.2, 0.25) is 0 Å². The van der Waals surface area contributed by atoms with Gasteiger partial charge in [-0.05, 0) is 61.0 Å². The molecule has 1 aliphatic rings. The Bertz CT molecular complexity index is 373. The van der Waals surface area contributed by atoms with Gasteiger partial charge in [0.05, 0.1) is 6.10 Å². The van der Waals surface area contributed by atoms with Gasteiger partial charge < -0.3 is 10.5 Å². The highest BCUT2D eigenvalue weighted by molar-refractivity contribution is 9.10. The van der Waals surface area contributed by atoms with Crippen molar-refractivity contribution in [3.63, 3.8) is 0 Å². The molecule has 1 aromatic rings. The summed E-state index contributed by atoms with van der Waals surface area (Å²) in [5.41, 5.74) is 6.28.